The fourth-order valence-electron chi connectivity index (χ4n) is 3.97. The van der Waals surface area contributed by atoms with Gasteiger partial charge in [0.05, 0.1) is 17.4 Å². The Morgan fingerprint density at radius 1 is 0.927 bits per heavy atom. The summed E-state index contributed by atoms with van der Waals surface area (Å²) >= 11 is 0. The smallest absolute Gasteiger partial charge is 0.410 e. The van der Waals surface area contributed by atoms with Gasteiger partial charge in [-0.15, -0.1) is 0 Å². The van der Waals surface area contributed by atoms with E-state index in [1.54, 1.807) is 61.5 Å². The van der Waals surface area contributed by atoms with Crippen molar-refractivity contribution < 1.29 is 24.2 Å². The number of hydrogen-bond acceptors (Lipinski definition) is 6. The maximum atomic E-state index is 13.3. The minimum atomic E-state index is -1.58. The number of primary amides is 1. The second-order valence-electron chi connectivity index (χ2n) is 8.92. The van der Waals surface area contributed by atoms with Gasteiger partial charge in [-0.2, -0.15) is 5.10 Å². The largest absolute Gasteiger partial charge is 0.412 e. The highest BCUT2D eigenvalue weighted by Gasteiger charge is 2.28. The summed E-state index contributed by atoms with van der Waals surface area (Å²) in [6.07, 6.45) is -1.94. The maximum Gasteiger partial charge on any atom is 0.412 e. The van der Waals surface area contributed by atoms with Crippen LogP contribution in [0.15, 0.2) is 91.0 Å². The predicted octanol–water partition coefficient (Wildman–Crippen LogP) is 3.68. The van der Waals surface area contributed by atoms with Crippen LogP contribution in [0.25, 0.3) is 5.69 Å². The van der Waals surface area contributed by atoms with Crippen LogP contribution in [0.4, 0.5) is 4.79 Å². The first-order valence-corrected chi connectivity index (χ1v) is 13.3. The summed E-state index contributed by atoms with van der Waals surface area (Å²) < 4.78 is 6.69. The Kier molecular flexibility index (Phi) is 11.2. The molecule has 10 heteroatoms. The first kappa shape index (κ1) is 30.6. The summed E-state index contributed by atoms with van der Waals surface area (Å²) in [6.45, 7) is 5.99. The molecule has 2 unspecified atom stereocenters. The lowest BCUT2D eigenvalue weighted by atomic mass is 10.0. The molecule has 3 aromatic carbocycles. The van der Waals surface area contributed by atoms with E-state index < -0.39 is 30.1 Å². The fourth-order valence-corrected chi connectivity index (χ4v) is 3.97. The van der Waals surface area contributed by atoms with Gasteiger partial charge in [0.15, 0.2) is 6.10 Å². The number of benzene rings is 3. The van der Waals surface area contributed by atoms with Gasteiger partial charge in [-0.1, -0.05) is 74.5 Å². The van der Waals surface area contributed by atoms with Crippen LogP contribution in [-0.4, -0.2) is 44.9 Å². The third kappa shape index (κ3) is 8.77. The number of aliphatic hydroxyl groups excluding tert-OH is 1. The number of hydrogen-bond donors (Lipinski definition) is 4. The first-order valence-electron chi connectivity index (χ1n) is 13.3. The van der Waals surface area contributed by atoms with E-state index in [1.165, 1.54) is 4.68 Å². The van der Waals surface area contributed by atoms with Gasteiger partial charge < -0.3 is 26.2 Å². The Labute approximate surface area is 239 Å². The van der Waals surface area contributed by atoms with Crippen LogP contribution in [0.2, 0.25) is 0 Å². The highest BCUT2D eigenvalue weighted by molar-refractivity contribution is 5.94. The summed E-state index contributed by atoms with van der Waals surface area (Å²) in [4.78, 5) is 37.1. The summed E-state index contributed by atoms with van der Waals surface area (Å²) in [5.74, 6) is -1.01. The van der Waals surface area contributed by atoms with Gasteiger partial charge in [-0.3, -0.25) is 9.59 Å². The van der Waals surface area contributed by atoms with E-state index in [9.17, 15) is 19.5 Å². The van der Waals surface area contributed by atoms with Crippen molar-refractivity contribution in [3.05, 3.63) is 114 Å². The molecule has 4 aromatic rings. The van der Waals surface area contributed by atoms with E-state index in [0.717, 1.165) is 11.1 Å². The number of nitrogens with one attached hydrogen (secondary N) is 2. The number of nitrogens with two attached hydrogens (primary N) is 1. The molecule has 5 N–H and O–H groups in total. The molecule has 2 atom stereocenters. The average molecular weight is 558 g/mol. The molecular weight excluding hydrogens is 522 g/mol. The van der Waals surface area contributed by atoms with Crippen molar-refractivity contribution >= 4 is 17.9 Å². The molecule has 1 heterocycles. The SMILES string of the molecule is CC.Cc1cc(C(=O)NC(Cc2ccccc2)C(O)C(N)=O)n(-c2ccc(CNC(=O)Oc3ccccc3)cc2)n1. The molecule has 0 aliphatic rings. The first-order chi connectivity index (χ1) is 19.8. The Hall–Kier alpha value is -4.96. The van der Waals surface area contributed by atoms with Crippen molar-refractivity contribution in [2.75, 3.05) is 0 Å². The van der Waals surface area contributed by atoms with E-state index in [2.05, 4.69) is 15.7 Å². The van der Waals surface area contributed by atoms with Crippen LogP contribution >= 0.6 is 0 Å². The molecule has 3 amide bonds. The second-order valence-corrected chi connectivity index (χ2v) is 8.92. The third-order valence-corrected chi connectivity index (χ3v) is 5.92. The fraction of sp³-hybridized carbons (Fsp3) is 0.226. The van der Waals surface area contributed by atoms with Crippen molar-refractivity contribution in [3.63, 3.8) is 0 Å². The topological polar surface area (TPSA) is 149 Å². The molecule has 41 heavy (non-hydrogen) atoms. The number of nitrogens with zero attached hydrogens (tertiary/aromatic N) is 2. The van der Waals surface area contributed by atoms with E-state index >= 15 is 0 Å². The molecule has 0 saturated carbocycles. The maximum absolute atomic E-state index is 13.3. The van der Waals surface area contributed by atoms with Gasteiger partial charge in [0.2, 0.25) is 5.91 Å². The zero-order valence-corrected chi connectivity index (χ0v) is 23.3. The lowest BCUT2D eigenvalue weighted by Gasteiger charge is -2.22. The summed E-state index contributed by atoms with van der Waals surface area (Å²) in [6, 6.07) is 25.7. The Morgan fingerprint density at radius 2 is 1.54 bits per heavy atom. The number of para-hydroxylation sites is 1. The minimum absolute atomic E-state index is 0.207. The molecule has 10 nitrogen and oxygen atoms in total. The molecule has 0 bridgehead atoms. The predicted molar refractivity (Wildman–Crippen MR) is 156 cm³/mol. The van der Waals surface area contributed by atoms with E-state index in [-0.39, 0.29) is 18.7 Å². The van der Waals surface area contributed by atoms with Gasteiger partial charge in [-0.25, -0.2) is 9.48 Å². The van der Waals surface area contributed by atoms with E-state index in [0.29, 0.717) is 17.1 Å². The highest BCUT2D eigenvalue weighted by Crippen LogP contribution is 2.16. The number of rotatable bonds is 10. The van der Waals surface area contributed by atoms with Crippen LogP contribution in [0, 0.1) is 6.92 Å². The van der Waals surface area contributed by atoms with Gasteiger partial charge in [0.25, 0.3) is 5.91 Å². The molecule has 0 aliphatic carbocycles. The molecule has 0 aliphatic heterocycles. The van der Waals surface area contributed by atoms with Gasteiger partial charge in [0.1, 0.15) is 11.4 Å². The van der Waals surface area contributed by atoms with Crippen molar-refractivity contribution in [1.82, 2.24) is 20.4 Å². The molecule has 0 spiro atoms. The number of aliphatic hydroxyl groups is 1. The number of aromatic nitrogens is 2. The molecule has 4 rings (SSSR count). The molecular formula is C31H35N5O5. The van der Waals surface area contributed by atoms with E-state index in [4.69, 9.17) is 10.5 Å². The normalized spacial score (nSPS) is 11.8. The Morgan fingerprint density at radius 3 is 2.15 bits per heavy atom. The average Bonchev–Trinajstić information content (AvgIpc) is 3.39. The second kappa shape index (κ2) is 15.0. The van der Waals surface area contributed by atoms with Crippen LogP contribution in [0.3, 0.4) is 0 Å². The Balaban J connectivity index is 0.00000226. The van der Waals surface area contributed by atoms with Gasteiger partial charge in [0, 0.05) is 6.54 Å². The zero-order chi connectivity index (χ0) is 29.8. The number of amides is 3. The Bertz CT molecular complexity index is 1420. The van der Waals surface area contributed by atoms with Crippen molar-refractivity contribution in [1.29, 1.82) is 0 Å². The summed E-state index contributed by atoms with van der Waals surface area (Å²) in [5, 5.41) is 20.3. The quantitative estimate of drug-likeness (QED) is 0.234. The van der Waals surface area contributed by atoms with Crippen molar-refractivity contribution in [2.24, 2.45) is 5.73 Å². The standard InChI is InChI=1S/C29H29N5O5.C2H6/c1-19-16-25(28(37)32-24(26(35)27(30)36)17-20-8-4-2-5-9-20)34(33-19)22-14-12-21(13-15-22)18-31-29(38)39-23-10-6-3-7-11-23;1-2/h2-16,24,26,35H,17-18H2,1H3,(H2,30,36)(H,31,38)(H,32,37);1-2H3. The minimum Gasteiger partial charge on any atom is -0.410 e. The molecule has 0 saturated heterocycles. The van der Waals surface area contributed by atoms with Crippen molar-refractivity contribution in [2.45, 2.75) is 45.9 Å². The lowest BCUT2D eigenvalue weighted by molar-refractivity contribution is -0.127. The summed E-state index contributed by atoms with van der Waals surface area (Å²) in [7, 11) is 0. The van der Waals surface area contributed by atoms with Gasteiger partial charge in [-0.05, 0) is 54.8 Å². The molecule has 1 aromatic heterocycles. The third-order valence-electron chi connectivity index (χ3n) is 5.92. The van der Waals surface area contributed by atoms with Crippen LogP contribution in [0.1, 0.15) is 41.2 Å². The van der Waals surface area contributed by atoms with Crippen LogP contribution < -0.4 is 21.1 Å². The zero-order valence-electron chi connectivity index (χ0n) is 23.3. The number of carbonyl (C=O) groups is 3. The van der Waals surface area contributed by atoms with Crippen molar-refractivity contribution in [3.8, 4) is 11.4 Å². The van der Waals surface area contributed by atoms with Gasteiger partial charge >= 0.3 is 6.09 Å². The highest BCUT2D eigenvalue weighted by atomic mass is 16.6. The van der Waals surface area contributed by atoms with E-state index in [1.807, 2.05) is 50.2 Å². The number of ether oxygens (including phenoxy) is 1. The summed E-state index contributed by atoms with van der Waals surface area (Å²) in [5.41, 5.74) is 8.40. The molecule has 214 valence electrons. The molecule has 0 fully saturated rings. The molecule has 0 radical (unpaired) electrons. The lowest BCUT2D eigenvalue weighted by Crippen LogP contribution is -2.50. The van der Waals surface area contributed by atoms with Crippen LogP contribution in [-0.2, 0) is 17.8 Å². The van der Waals surface area contributed by atoms with Crippen LogP contribution in [0.5, 0.6) is 5.75 Å². The monoisotopic (exact) mass is 557 g/mol. The number of aryl methyl sites for hydroxylation is 1. The number of carbonyl (C=O) groups excluding carboxylic acids is 3.